The summed E-state index contributed by atoms with van der Waals surface area (Å²) in [5, 5.41) is 3.90. The first kappa shape index (κ1) is 24.2. The molecule has 2 aromatic carbocycles. The van der Waals surface area contributed by atoms with Crippen molar-refractivity contribution >= 4 is 29.3 Å². The maximum atomic E-state index is 14.1. The Labute approximate surface area is 208 Å². The van der Waals surface area contributed by atoms with Crippen LogP contribution in [0.2, 0.25) is 0 Å². The number of nitrogens with zero attached hydrogens (tertiary/aromatic N) is 4. The predicted octanol–water partition coefficient (Wildman–Crippen LogP) is 4.74. The highest BCUT2D eigenvalue weighted by Gasteiger charge is 2.41. The molecule has 0 aliphatic carbocycles. The number of carbonyl (C=O) groups is 1. The number of imidazole rings is 1. The van der Waals surface area contributed by atoms with Gasteiger partial charge in [-0.2, -0.15) is 18.3 Å². The number of halogens is 3. The fourth-order valence-corrected chi connectivity index (χ4v) is 4.39. The average Bonchev–Trinajstić information content (AvgIpc) is 3.34. The summed E-state index contributed by atoms with van der Waals surface area (Å²) in [4.78, 5) is 25.6. The van der Waals surface area contributed by atoms with Gasteiger partial charge in [-0.25, -0.2) is 14.3 Å². The first-order chi connectivity index (χ1) is 17.7. The molecule has 0 bridgehead atoms. The van der Waals surface area contributed by atoms with Crippen LogP contribution in [0.5, 0.6) is 5.75 Å². The highest BCUT2D eigenvalue weighted by Crippen LogP contribution is 2.36. The van der Waals surface area contributed by atoms with Gasteiger partial charge >= 0.3 is 17.8 Å². The first-order valence-electron chi connectivity index (χ1n) is 11.3. The van der Waals surface area contributed by atoms with Gasteiger partial charge in [0.05, 0.1) is 43.2 Å². The molecule has 3 heterocycles. The van der Waals surface area contributed by atoms with Crippen molar-refractivity contribution in [3.05, 3.63) is 87.6 Å². The minimum absolute atomic E-state index is 0.0608. The number of rotatable bonds is 6. The van der Waals surface area contributed by atoms with Crippen LogP contribution in [-0.4, -0.2) is 38.6 Å². The summed E-state index contributed by atoms with van der Waals surface area (Å²) >= 11 is 0. The molecule has 0 saturated carbocycles. The van der Waals surface area contributed by atoms with E-state index in [0.29, 0.717) is 27.0 Å². The van der Waals surface area contributed by atoms with E-state index in [2.05, 4.69) is 5.10 Å². The van der Waals surface area contributed by atoms with Gasteiger partial charge in [0.25, 0.3) is 0 Å². The van der Waals surface area contributed by atoms with Gasteiger partial charge in [-0.05, 0) is 42.8 Å². The fraction of sp³-hybridized carbons (Fsp3) is 0.192. The average molecular weight is 510 g/mol. The standard InChI is InChI=1S/C26H21F3N4O4/c1-3-37-24(34)19-14-30-33(23(19)26(27,28)29)20-11-12-21-22-18(20)6-4-5-13-31(22)25(35)32(21)15-16-7-9-17(36-2)10-8-16/h4-14H,3,15H2,1-2H3. The second-order valence-electron chi connectivity index (χ2n) is 8.19. The van der Waals surface area contributed by atoms with Crippen LogP contribution in [0.1, 0.15) is 34.1 Å². The van der Waals surface area contributed by atoms with Crippen LogP contribution in [0.4, 0.5) is 13.2 Å². The Kier molecular flexibility index (Phi) is 5.98. The third-order valence-electron chi connectivity index (χ3n) is 6.01. The van der Waals surface area contributed by atoms with Crippen LogP contribution in [0.3, 0.4) is 0 Å². The zero-order valence-electron chi connectivity index (χ0n) is 19.8. The number of hydrogen-bond donors (Lipinski definition) is 0. The smallest absolute Gasteiger partial charge is 0.434 e. The van der Waals surface area contributed by atoms with Gasteiger partial charge in [0.2, 0.25) is 0 Å². The topological polar surface area (TPSA) is 80.3 Å². The molecule has 8 nitrogen and oxygen atoms in total. The van der Waals surface area contributed by atoms with Gasteiger partial charge < -0.3 is 9.47 Å². The summed E-state index contributed by atoms with van der Waals surface area (Å²) in [6, 6.07) is 10.3. The fourth-order valence-electron chi connectivity index (χ4n) is 4.39. The number of aromatic nitrogens is 4. The monoisotopic (exact) mass is 510 g/mol. The van der Waals surface area contributed by atoms with E-state index >= 15 is 0 Å². The van der Waals surface area contributed by atoms with Crippen LogP contribution in [0.25, 0.3) is 29.0 Å². The number of methoxy groups -OCH3 is 1. The third-order valence-corrected chi connectivity index (χ3v) is 6.01. The van der Waals surface area contributed by atoms with Crippen LogP contribution < -0.4 is 10.4 Å². The lowest BCUT2D eigenvalue weighted by atomic mass is 10.1. The van der Waals surface area contributed by atoms with Crippen molar-refractivity contribution in [2.45, 2.75) is 19.6 Å². The second-order valence-corrected chi connectivity index (χ2v) is 8.19. The lowest BCUT2D eigenvalue weighted by molar-refractivity contribution is -0.143. The predicted molar refractivity (Wildman–Crippen MR) is 131 cm³/mol. The maximum absolute atomic E-state index is 14.1. The number of alkyl halides is 3. The van der Waals surface area contributed by atoms with Crippen molar-refractivity contribution < 1.29 is 27.4 Å². The number of benzene rings is 2. The van der Waals surface area contributed by atoms with Crippen LogP contribution in [0.15, 0.2) is 59.5 Å². The summed E-state index contributed by atoms with van der Waals surface area (Å²) in [5.41, 5.74) is -0.0969. The molecule has 1 aliphatic rings. The van der Waals surface area contributed by atoms with Crippen molar-refractivity contribution in [3.8, 4) is 11.4 Å². The van der Waals surface area contributed by atoms with E-state index in [-0.39, 0.29) is 24.5 Å². The Morgan fingerprint density at radius 3 is 2.51 bits per heavy atom. The molecule has 1 aliphatic heterocycles. The van der Waals surface area contributed by atoms with E-state index in [1.165, 1.54) is 17.6 Å². The van der Waals surface area contributed by atoms with Gasteiger partial charge in [0.15, 0.2) is 5.69 Å². The molecule has 0 unspecified atom stereocenters. The first-order valence-corrected chi connectivity index (χ1v) is 11.3. The van der Waals surface area contributed by atoms with E-state index in [1.807, 2.05) is 12.1 Å². The van der Waals surface area contributed by atoms with Crippen molar-refractivity contribution in [3.63, 3.8) is 0 Å². The molecule has 0 N–H and O–H groups in total. The molecule has 0 atom stereocenters. The van der Waals surface area contributed by atoms with Gasteiger partial charge in [0, 0.05) is 11.8 Å². The van der Waals surface area contributed by atoms with Gasteiger partial charge in [-0.3, -0.25) is 9.13 Å². The lowest BCUT2D eigenvalue weighted by Crippen LogP contribution is -2.22. The van der Waals surface area contributed by atoms with Crippen LogP contribution in [0, 0.1) is 0 Å². The van der Waals surface area contributed by atoms with Gasteiger partial charge in [0.1, 0.15) is 11.3 Å². The highest BCUT2D eigenvalue weighted by molar-refractivity contribution is 5.94. The molecule has 11 heteroatoms. The molecule has 0 saturated heterocycles. The Balaban J connectivity index is 1.71. The Bertz CT molecular complexity index is 1620. The van der Waals surface area contributed by atoms with E-state index in [9.17, 15) is 22.8 Å². The molecule has 190 valence electrons. The molecule has 4 aromatic rings. The zero-order valence-corrected chi connectivity index (χ0v) is 19.8. The summed E-state index contributed by atoms with van der Waals surface area (Å²) in [5.74, 6) is -0.442. The van der Waals surface area contributed by atoms with E-state index in [1.54, 1.807) is 54.3 Å². The molecular formula is C26H21F3N4O4. The summed E-state index contributed by atoms with van der Waals surface area (Å²) in [7, 11) is 1.56. The molecule has 0 amide bonds. The molecule has 0 fully saturated rings. The minimum Gasteiger partial charge on any atom is -0.497 e. The Hall–Kier alpha value is -4.54. The number of ether oxygens (including phenoxy) is 2. The number of allylic oxidation sites excluding steroid dienone is 2. The van der Waals surface area contributed by atoms with E-state index in [0.717, 1.165) is 11.8 Å². The zero-order chi connectivity index (χ0) is 26.3. The van der Waals surface area contributed by atoms with Crippen LogP contribution >= 0.6 is 0 Å². The largest absolute Gasteiger partial charge is 0.497 e. The molecule has 0 radical (unpaired) electrons. The quantitative estimate of drug-likeness (QED) is 0.350. The van der Waals surface area contributed by atoms with Crippen molar-refractivity contribution in [2.24, 2.45) is 0 Å². The Morgan fingerprint density at radius 2 is 1.84 bits per heavy atom. The van der Waals surface area contributed by atoms with Crippen molar-refractivity contribution in [1.82, 2.24) is 18.9 Å². The molecule has 0 spiro atoms. The van der Waals surface area contributed by atoms with E-state index in [4.69, 9.17) is 9.47 Å². The second kappa shape index (κ2) is 9.16. The minimum atomic E-state index is -4.90. The van der Waals surface area contributed by atoms with Gasteiger partial charge in [-0.15, -0.1) is 0 Å². The van der Waals surface area contributed by atoms with Crippen molar-refractivity contribution in [1.29, 1.82) is 0 Å². The molecule has 5 rings (SSSR count). The third kappa shape index (κ3) is 4.11. The SMILES string of the molecule is CCOC(=O)c1cnn(-c2ccc3c4c2C=CC=Cn4c(=O)n3Cc2ccc(OC)cc2)c1C(F)(F)F. The number of esters is 1. The lowest BCUT2D eigenvalue weighted by Gasteiger charge is -2.15. The number of carbonyl (C=O) groups excluding carboxylic acids is 1. The van der Waals surface area contributed by atoms with Crippen molar-refractivity contribution in [2.75, 3.05) is 13.7 Å². The molecule has 37 heavy (non-hydrogen) atoms. The van der Waals surface area contributed by atoms with E-state index < -0.39 is 23.4 Å². The molecular weight excluding hydrogens is 489 g/mol. The van der Waals surface area contributed by atoms with Crippen LogP contribution in [-0.2, 0) is 17.5 Å². The summed E-state index contributed by atoms with van der Waals surface area (Å²) in [6.45, 7) is 1.66. The van der Waals surface area contributed by atoms with Gasteiger partial charge in [-0.1, -0.05) is 24.3 Å². The normalized spacial score (nSPS) is 12.7. The highest BCUT2D eigenvalue weighted by atomic mass is 19.4. The number of hydrogen-bond acceptors (Lipinski definition) is 5. The molecule has 2 aromatic heterocycles. The Morgan fingerprint density at radius 1 is 1.08 bits per heavy atom. The maximum Gasteiger partial charge on any atom is 0.434 e. The summed E-state index contributed by atoms with van der Waals surface area (Å²) < 4.78 is 56.0. The summed E-state index contributed by atoms with van der Waals surface area (Å²) in [6.07, 6.45) is 2.37.